The third-order valence-electron chi connectivity index (χ3n) is 4.97. The summed E-state index contributed by atoms with van der Waals surface area (Å²) in [6.07, 6.45) is 2.22. The number of amides is 1. The van der Waals surface area contributed by atoms with Gasteiger partial charge in [0.15, 0.2) is 6.61 Å². The van der Waals surface area contributed by atoms with Gasteiger partial charge >= 0.3 is 5.97 Å². The Morgan fingerprint density at radius 1 is 1.29 bits per heavy atom. The standard InChI is InChI=1S/C20H20N4O3S/c1-12-16(9-21-23(12)3)20(26)27-10-19(25)24-7-6-15-8-14(4-5-18(15)24)17-11-28-13(2)22-17/h4-5,8-9,11H,6-7,10H2,1-3H3. The van der Waals surface area contributed by atoms with Crippen molar-refractivity contribution in [1.29, 1.82) is 0 Å². The van der Waals surface area contributed by atoms with E-state index in [1.807, 2.05) is 24.4 Å². The van der Waals surface area contributed by atoms with E-state index in [-0.39, 0.29) is 12.5 Å². The number of benzene rings is 1. The van der Waals surface area contributed by atoms with Gasteiger partial charge in [-0.3, -0.25) is 9.48 Å². The molecule has 0 atom stereocenters. The molecule has 0 spiro atoms. The largest absolute Gasteiger partial charge is 0.452 e. The molecule has 0 unspecified atom stereocenters. The first-order valence-corrected chi connectivity index (χ1v) is 9.83. The summed E-state index contributed by atoms with van der Waals surface area (Å²) in [6, 6.07) is 6.00. The van der Waals surface area contributed by atoms with Gasteiger partial charge in [-0.25, -0.2) is 9.78 Å². The van der Waals surface area contributed by atoms with Crippen LogP contribution < -0.4 is 4.90 Å². The minimum absolute atomic E-state index is 0.231. The Hall–Kier alpha value is -3.00. The zero-order valence-corrected chi connectivity index (χ0v) is 16.7. The summed E-state index contributed by atoms with van der Waals surface area (Å²) in [5.41, 5.74) is 5.06. The van der Waals surface area contributed by atoms with E-state index in [9.17, 15) is 9.59 Å². The molecular weight excluding hydrogens is 376 g/mol. The van der Waals surface area contributed by atoms with Crippen molar-refractivity contribution in [3.05, 3.63) is 51.6 Å². The van der Waals surface area contributed by atoms with Crippen LogP contribution >= 0.6 is 11.3 Å². The molecule has 1 amide bonds. The number of esters is 1. The number of ether oxygens (including phenoxy) is 1. The van der Waals surface area contributed by atoms with E-state index in [1.165, 1.54) is 6.20 Å². The van der Waals surface area contributed by atoms with E-state index in [4.69, 9.17) is 4.74 Å². The Kier molecular flexibility index (Phi) is 4.72. The topological polar surface area (TPSA) is 77.3 Å². The van der Waals surface area contributed by atoms with Gasteiger partial charge in [-0.2, -0.15) is 5.10 Å². The summed E-state index contributed by atoms with van der Waals surface area (Å²) >= 11 is 1.62. The molecular formula is C20H20N4O3S. The number of anilines is 1. The van der Waals surface area contributed by atoms with Crippen LogP contribution in [0, 0.1) is 13.8 Å². The molecule has 0 saturated carbocycles. The lowest BCUT2D eigenvalue weighted by Gasteiger charge is -2.17. The zero-order valence-electron chi connectivity index (χ0n) is 15.9. The Bertz CT molecular complexity index is 1070. The van der Waals surface area contributed by atoms with Gasteiger partial charge in [-0.1, -0.05) is 6.07 Å². The number of fused-ring (bicyclic) bond motifs is 1. The minimum atomic E-state index is -0.535. The Morgan fingerprint density at radius 2 is 2.11 bits per heavy atom. The van der Waals surface area contributed by atoms with E-state index >= 15 is 0 Å². The highest BCUT2D eigenvalue weighted by atomic mass is 32.1. The predicted molar refractivity (Wildman–Crippen MR) is 107 cm³/mol. The van der Waals surface area contributed by atoms with Crippen LogP contribution in [0.4, 0.5) is 5.69 Å². The smallest absolute Gasteiger partial charge is 0.342 e. The molecule has 4 rings (SSSR count). The number of hydrogen-bond donors (Lipinski definition) is 0. The normalized spacial score (nSPS) is 12.9. The molecule has 144 valence electrons. The molecule has 8 heteroatoms. The number of aromatic nitrogens is 3. The first-order valence-electron chi connectivity index (χ1n) is 8.95. The van der Waals surface area contributed by atoms with Crippen molar-refractivity contribution in [3.8, 4) is 11.3 Å². The molecule has 0 fully saturated rings. The quantitative estimate of drug-likeness (QED) is 0.634. The molecule has 0 aliphatic carbocycles. The van der Waals surface area contributed by atoms with Gasteiger partial charge in [0, 0.05) is 35.9 Å². The van der Waals surface area contributed by atoms with Gasteiger partial charge in [0.1, 0.15) is 5.56 Å². The molecule has 1 aliphatic rings. The maximum Gasteiger partial charge on any atom is 0.342 e. The average molecular weight is 396 g/mol. The summed E-state index contributed by atoms with van der Waals surface area (Å²) in [5.74, 6) is -0.765. The second kappa shape index (κ2) is 7.20. The second-order valence-corrected chi connectivity index (χ2v) is 7.80. The fourth-order valence-electron chi connectivity index (χ4n) is 3.30. The number of carbonyl (C=O) groups is 2. The van der Waals surface area contributed by atoms with Crippen LogP contribution in [0.1, 0.15) is 26.6 Å². The molecule has 28 heavy (non-hydrogen) atoms. The van der Waals surface area contributed by atoms with Crippen molar-refractivity contribution < 1.29 is 14.3 Å². The molecule has 3 heterocycles. The third-order valence-corrected chi connectivity index (χ3v) is 5.75. The van der Waals surface area contributed by atoms with Gasteiger partial charge in [-0.05, 0) is 38.0 Å². The lowest BCUT2D eigenvalue weighted by Crippen LogP contribution is -2.33. The highest BCUT2D eigenvalue weighted by molar-refractivity contribution is 7.09. The third kappa shape index (κ3) is 3.31. The number of thiazole rings is 1. The van der Waals surface area contributed by atoms with Crippen molar-refractivity contribution >= 4 is 28.9 Å². The van der Waals surface area contributed by atoms with E-state index in [0.29, 0.717) is 17.8 Å². The van der Waals surface area contributed by atoms with Gasteiger partial charge in [-0.15, -0.1) is 11.3 Å². The summed E-state index contributed by atoms with van der Waals surface area (Å²) in [6.45, 7) is 4.05. The van der Waals surface area contributed by atoms with Gasteiger partial charge < -0.3 is 9.64 Å². The molecule has 0 radical (unpaired) electrons. The van der Waals surface area contributed by atoms with Crippen LogP contribution in [-0.4, -0.2) is 39.8 Å². The maximum absolute atomic E-state index is 12.6. The van der Waals surface area contributed by atoms with Crippen molar-refractivity contribution in [2.45, 2.75) is 20.3 Å². The van der Waals surface area contributed by atoms with Gasteiger partial charge in [0.25, 0.3) is 5.91 Å². The number of rotatable bonds is 4. The van der Waals surface area contributed by atoms with Crippen LogP contribution in [0.3, 0.4) is 0 Å². The maximum atomic E-state index is 12.6. The molecule has 0 bridgehead atoms. The van der Waals surface area contributed by atoms with E-state index in [2.05, 4.69) is 16.1 Å². The summed E-state index contributed by atoms with van der Waals surface area (Å²) in [4.78, 5) is 31.0. The van der Waals surface area contributed by atoms with E-state index < -0.39 is 5.97 Å². The van der Waals surface area contributed by atoms with Crippen molar-refractivity contribution in [2.24, 2.45) is 7.05 Å². The molecule has 2 aromatic heterocycles. The number of aryl methyl sites for hydroxylation is 2. The van der Waals surface area contributed by atoms with Crippen LogP contribution in [0.15, 0.2) is 29.8 Å². The monoisotopic (exact) mass is 396 g/mol. The molecule has 1 aliphatic heterocycles. The first-order chi connectivity index (χ1) is 13.4. The van der Waals surface area contributed by atoms with Crippen LogP contribution in [0.25, 0.3) is 11.3 Å². The molecule has 0 saturated heterocycles. The lowest BCUT2D eigenvalue weighted by molar-refractivity contribution is -0.121. The number of nitrogens with zero attached hydrogens (tertiary/aromatic N) is 4. The zero-order chi connectivity index (χ0) is 19.8. The fourth-order valence-corrected chi connectivity index (χ4v) is 3.92. The average Bonchev–Trinajstić information content (AvgIpc) is 3.38. The Morgan fingerprint density at radius 3 is 2.79 bits per heavy atom. The van der Waals surface area contributed by atoms with Crippen molar-refractivity contribution in [3.63, 3.8) is 0 Å². The summed E-state index contributed by atoms with van der Waals surface area (Å²) in [7, 11) is 1.75. The molecule has 1 aromatic carbocycles. The van der Waals surface area contributed by atoms with Gasteiger partial charge in [0.2, 0.25) is 0 Å². The Labute approximate surface area is 166 Å². The first kappa shape index (κ1) is 18.4. The van der Waals surface area contributed by atoms with Gasteiger partial charge in [0.05, 0.1) is 16.9 Å². The fraction of sp³-hybridized carbons (Fsp3) is 0.300. The Balaban J connectivity index is 1.44. The summed E-state index contributed by atoms with van der Waals surface area (Å²) < 4.78 is 6.81. The van der Waals surface area contributed by atoms with Crippen LogP contribution in [-0.2, 0) is 23.0 Å². The number of hydrogen-bond acceptors (Lipinski definition) is 6. The highest BCUT2D eigenvalue weighted by Crippen LogP contribution is 2.32. The minimum Gasteiger partial charge on any atom is -0.452 e. The number of carbonyl (C=O) groups excluding carboxylic acids is 2. The molecule has 7 nitrogen and oxygen atoms in total. The van der Waals surface area contributed by atoms with E-state index in [0.717, 1.165) is 33.9 Å². The molecule has 0 N–H and O–H groups in total. The van der Waals surface area contributed by atoms with E-state index in [1.54, 1.807) is 34.9 Å². The van der Waals surface area contributed by atoms with Crippen LogP contribution in [0.2, 0.25) is 0 Å². The molecule has 3 aromatic rings. The van der Waals surface area contributed by atoms with Crippen LogP contribution in [0.5, 0.6) is 0 Å². The highest BCUT2D eigenvalue weighted by Gasteiger charge is 2.26. The van der Waals surface area contributed by atoms with Crippen molar-refractivity contribution in [1.82, 2.24) is 14.8 Å². The summed E-state index contributed by atoms with van der Waals surface area (Å²) in [5, 5.41) is 7.08. The van der Waals surface area contributed by atoms with Crippen molar-refractivity contribution in [2.75, 3.05) is 18.1 Å². The second-order valence-electron chi connectivity index (χ2n) is 6.73. The lowest BCUT2D eigenvalue weighted by atomic mass is 10.1. The SMILES string of the molecule is Cc1nc(-c2ccc3c(c2)CCN3C(=O)COC(=O)c2cnn(C)c2C)cs1. The predicted octanol–water partition coefficient (Wildman–Crippen LogP) is 2.91.